The number of nitrogens with one attached hydrogen (secondary N) is 1. The molecule has 0 spiro atoms. The highest BCUT2D eigenvalue weighted by molar-refractivity contribution is 5.44. The first kappa shape index (κ1) is 9.41. The summed E-state index contributed by atoms with van der Waals surface area (Å²) in [7, 11) is 0. The van der Waals surface area contributed by atoms with Crippen LogP contribution in [0, 0.1) is 0 Å². The molecule has 6 heteroatoms. The van der Waals surface area contributed by atoms with Gasteiger partial charge in [0.25, 0.3) is 5.56 Å². The topological polar surface area (TPSA) is 85.4 Å². The van der Waals surface area contributed by atoms with Crippen LogP contribution in [0.15, 0.2) is 17.1 Å². The van der Waals surface area contributed by atoms with Crippen LogP contribution in [0.25, 0.3) is 5.65 Å². The van der Waals surface area contributed by atoms with Gasteiger partial charge in [-0.15, -0.1) is 0 Å². The second kappa shape index (κ2) is 3.34. The van der Waals surface area contributed by atoms with E-state index in [-0.39, 0.29) is 17.4 Å². The van der Waals surface area contributed by atoms with Gasteiger partial charge in [-0.3, -0.25) is 9.89 Å². The van der Waals surface area contributed by atoms with Crippen molar-refractivity contribution in [2.75, 3.05) is 12.3 Å². The van der Waals surface area contributed by atoms with Crippen molar-refractivity contribution >= 4 is 11.3 Å². The van der Waals surface area contributed by atoms with Crippen molar-refractivity contribution in [3.05, 3.63) is 28.3 Å². The third kappa shape index (κ3) is 1.30. The maximum absolute atomic E-state index is 11.7. The maximum Gasteiger partial charge on any atom is 0.295 e. The average molecular weight is 220 g/mol. The van der Waals surface area contributed by atoms with Crippen LogP contribution < -0.4 is 11.3 Å². The van der Waals surface area contributed by atoms with Gasteiger partial charge in [0.2, 0.25) is 0 Å². The van der Waals surface area contributed by atoms with Gasteiger partial charge in [-0.1, -0.05) is 0 Å². The summed E-state index contributed by atoms with van der Waals surface area (Å²) in [5, 5.41) is 2.98. The summed E-state index contributed by atoms with van der Waals surface area (Å²) in [6.07, 6.45) is 3.44. The average Bonchev–Trinajstić information content (AvgIpc) is 2.91. The van der Waals surface area contributed by atoms with Crippen molar-refractivity contribution in [1.82, 2.24) is 14.6 Å². The zero-order valence-corrected chi connectivity index (χ0v) is 8.64. The second-order valence-electron chi connectivity index (χ2n) is 3.93. The highest BCUT2D eigenvalue weighted by atomic mass is 16.5. The van der Waals surface area contributed by atoms with Crippen molar-refractivity contribution in [2.24, 2.45) is 0 Å². The van der Waals surface area contributed by atoms with E-state index in [0.29, 0.717) is 5.65 Å². The molecule has 2 aromatic heterocycles. The summed E-state index contributed by atoms with van der Waals surface area (Å²) in [5.41, 5.74) is 6.83. The molecular formula is C10H12N4O2. The molecule has 3 heterocycles. The number of hydrogen-bond acceptors (Lipinski definition) is 4. The molecule has 6 nitrogen and oxygen atoms in total. The molecule has 1 aliphatic rings. The van der Waals surface area contributed by atoms with Gasteiger partial charge >= 0.3 is 0 Å². The van der Waals surface area contributed by atoms with Crippen LogP contribution in [0.4, 0.5) is 5.69 Å². The Morgan fingerprint density at radius 2 is 2.50 bits per heavy atom. The fourth-order valence-corrected chi connectivity index (χ4v) is 1.98. The Hall–Kier alpha value is -1.82. The fourth-order valence-electron chi connectivity index (χ4n) is 1.98. The first-order valence-electron chi connectivity index (χ1n) is 5.23. The Labute approximate surface area is 91.0 Å². The van der Waals surface area contributed by atoms with Crippen molar-refractivity contribution in [3.63, 3.8) is 0 Å². The predicted octanol–water partition coefficient (Wildman–Crippen LogP) is 0.456. The van der Waals surface area contributed by atoms with Crippen LogP contribution in [0.1, 0.15) is 24.6 Å². The van der Waals surface area contributed by atoms with Crippen LogP contribution in [0.5, 0.6) is 0 Å². The SMILES string of the molecule is Nc1cnc2cc(C3CCCO3)[nH]n2c1=O. The quantitative estimate of drug-likeness (QED) is 0.731. The van der Waals surface area contributed by atoms with E-state index in [1.54, 1.807) is 0 Å². The lowest BCUT2D eigenvalue weighted by molar-refractivity contribution is 0.108. The van der Waals surface area contributed by atoms with Gasteiger partial charge in [0.1, 0.15) is 5.69 Å². The Bertz CT molecular complexity index is 580. The Kier molecular flexibility index (Phi) is 1.97. The minimum Gasteiger partial charge on any atom is -0.393 e. The van der Waals surface area contributed by atoms with Gasteiger partial charge in [-0.05, 0) is 12.8 Å². The predicted molar refractivity (Wildman–Crippen MR) is 58.2 cm³/mol. The Morgan fingerprint density at radius 1 is 1.62 bits per heavy atom. The zero-order chi connectivity index (χ0) is 11.1. The highest BCUT2D eigenvalue weighted by Crippen LogP contribution is 2.27. The number of hydrogen-bond donors (Lipinski definition) is 2. The Balaban J connectivity index is 2.15. The van der Waals surface area contributed by atoms with Gasteiger partial charge in [0.05, 0.1) is 18.0 Å². The summed E-state index contributed by atoms with van der Waals surface area (Å²) < 4.78 is 6.89. The van der Waals surface area contributed by atoms with E-state index >= 15 is 0 Å². The number of H-pyrrole nitrogens is 1. The highest BCUT2D eigenvalue weighted by Gasteiger charge is 2.20. The van der Waals surface area contributed by atoms with E-state index in [1.165, 1.54) is 10.7 Å². The summed E-state index contributed by atoms with van der Waals surface area (Å²) in [4.78, 5) is 15.8. The molecular weight excluding hydrogens is 208 g/mol. The largest absolute Gasteiger partial charge is 0.393 e. The molecule has 1 unspecified atom stereocenters. The molecule has 1 saturated heterocycles. The molecule has 16 heavy (non-hydrogen) atoms. The van der Waals surface area contributed by atoms with Crippen LogP contribution in [0.3, 0.4) is 0 Å². The number of nitrogen functional groups attached to an aromatic ring is 1. The smallest absolute Gasteiger partial charge is 0.295 e. The van der Waals surface area contributed by atoms with E-state index in [4.69, 9.17) is 10.5 Å². The number of aromatic amines is 1. The van der Waals surface area contributed by atoms with E-state index in [2.05, 4.69) is 10.1 Å². The van der Waals surface area contributed by atoms with E-state index in [0.717, 1.165) is 25.1 Å². The molecule has 2 aromatic rings. The van der Waals surface area contributed by atoms with Crippen molar-refractivity contribution in [3.8, 4) is 0 Å². The molecule has 84 valence electrons. The lowest BCUT2D eigenvalue weighted by Crippen LogP contribution is -2.18. The molecule has 1 atom stereocenters. The van der Waals surface area contributed by atoms with Gasteiger partial charge in [0.15, 0.2) is 5.65 Å². The van der Waals surface area contributed by atoms with Crippen molar-refractivity contribution in [1.29, 1.82) is 0 Å². The monoisotopic (exact) mass is 220 g/mol. The summed E-state index contributed by atoms with van der Waals surface area (Å²) in [6, 6.07) is 1.83. The minimum absolute atomic E-state index is 0.0438. The number of rotatable bonds is 1. The van der Waals surface area contributed by atoms with Crippen LogP contribution in [-0.2, 0) is 4.74 Å². The molecule has 3 N–H and O–H groups in total. The number of anilines is 1. The van der Waals surface area contributed by atoms with E-state index in [1.807, 2.05) is 6.07 Å². The molecule has 3 rings (SSSR count). The normalized spacial score (nSPS) is 20.6. The van der Waals surface area contributed by atoms with E-state index < -0.39 is 0 Å². The van der Waals surface area contributed by atoms with E-state index in [9.17, 15) is 4.79 Å². The number of aromatic nitrogens is 3. The van der Waals surface area contributed by atoms with Gasteiger partial charge in [0, 0.05) is 12.7 Å². The Morgan fingerprint density at radius 3 is 3.25 bits per heavy atom. The second-order valence-corrected chi connectivity index (χ2v) is 3.93. The lowest BCUT2D eigenvalue weighted by atomic mass is 10.2. The first-order valence-corrected chi connectivity index (χ1v) is 5.23. The molecule has 0 aromatic carbocycles. The molecule has 1 aliphatic heterocycles. The third-order valence-corrected chi connectivity index (χ3v) is 2.82. The molecule has 0 radical (unpaired) electrons. The van der Waals surface area contributed by atoms with Crippen LogP contribution in [0.2, 0.25) is 0 Å². The molecule has 0 bridgehead atoms. The number of fused-ring (bicyclic) bond motifs is 1. The van der Waals surface area contributed by atoms with Crippen LogP contribution in [-0.4, -0.2) is 21.2 Å². The molecule has 0 aliphatic carbocycles. The molecule has 0 saturated carbocycles. The maximum atomic E-state index is 11.7. The third-order valence-electron chi connectivity index (χ3n) is 2.82. The first-order chi connectivity index (χ1) is 7.75. The fraction of sp³-hybridized carbons (Fsp3) is 0.400. The summed E-state index contributed by atoms with van der Waals surface area (Å²) in [5.74, 6) is 0. The number of nitrogens with zero attached hydrogens (tertiary/aromatic N) is 2. The summed E-state index contributed by atoms with van der Waals surface area (Å²) in [6.45, 7) is 0.768. The molecule has 1 fully saturated rings. The zero-order valence-electron chi connectivity index (χ0n) is 8.64. The number of nitrogens with two attached hydrogens (primary N) is 1. The summed E-state index contributed by atoms with van der Waals surface area (Å²) >= 11 is 0. The molecule has 0 amide bonds. The standard InChI is InChI=1S/C10H12N4O2/c11-6-5-12-9-4-7(8-2-1-3-16-8)13-14(9)10(6)15/h4-5,8,13H,1-3,11H2. The number of ether oxygens (including phenoxy) is 1. The lowest BCUT2D eigenvalue weighted by Gasteiger charge is -2.04. The minimum atomic E-state index is -0.269. The van der Waals surface area contributed by atoms with Gasteiger partial charge in [-0.2, -0.15) is 4.52 Å². The van der Waals surface area contributed by atoms with Gasteiger partial charge < -0.3 is 10.5 Å². The van der Waals surface area contributed by atoms with Crippen LogP contribution >= 0.6 is 0 Å². The van der Waals surface area contributed by atoms with Crippen molar-refractivity contribution < 1.29 is 4.74 Å². The van der Waals surface area contributed by atoms with Gasteiger partial charge in [-0.25, -0.2) is 4.98 Å². The van der Waals surface area contributed by atoms with Crippen molar-refractivity contribution in [2.45, 2.75) is 18.9 Å².